The molecule has 1 aromatic rings. The molecule has 2 aliphatic rings. The number of likely N-dealkylation sites (tertiary alicyclic amines) is 1. The summed E-state index contributed by atoms with van der Waals surface area (Å²) in [5.74, 6) is 2.04. The molecule has 1 atom stereocenters. The van der Waals surface area contributed by atoms with Gasteiger partial charge in [-0.05, 0) is 32.6 Å². The predicted octanol–water partition coefficient (Wildman–Crippen LogP) is 2.08. The Morgan fingerprint density at radius 2 is 2.04 bits per heavy atom. The zero-order valence-electron chi connectivity index (χ0n) is 15.4. The van der Waals surface area contributed by atoms with E-state index in [1.165, 1.54) is 0 Å². The first-order valence-electron chi connectivity index (χ1n) is 9.02. The Hall–Kier alpha value is -1.85. The fraction of sp³-hybridized carbons (Fsp3) is 0.722. The molecule has 132 valence electrons. The Morgan fingerprint density at radius 3 is 2.75 bits per heavy atom. The van der Waals surface area contributed by atoms with E-state index in [1.807, 2.05) is 32.0 Å². The summed E-state index contributed by atoms with van der Waals surface area (Å²) in [6, 6.07) is 2.03. The minimum absolute atomic E-state index is 0.204. The van der Waals surface area contributed by atoms with Crippen molar-refractivity contribution in [1.82, 2.24) is 14.9 Å². The van der Waals surface area contributed by atoms with Crippen LogP contribution in [-0.2, 0) is 4.79 Å². The standard InChI is InChI=1S/C18H29N5O/c1-5-9-22-10-6-7-18(16(22)24)8-11-23(13-18)15-12-14(2)19-17(20-15)21(3)4/h12H,5-11,13H2,1-4H3/t18-/m1/s1. The van der Waals surface area contributed by atoms with E-state index in [9.17, 15) is 4.79 Å². The molecule has 2 aliphatic heterocycles. The Labute approximate surface area is 144 Å². The number of hydrogen-bond acceptors (Lipinski definition) is 5. The van der Waals surface area contributed by atoms with Crippen LogP contribution >= 0.6 is 0 Å². The summed E-state index contributed by atoms with van der Waals surface area (Å²) >= 11 is 0. The lowest BCUT2D eigenvalue weighted by Gasteiger charge is -2.39. The van der Waals surface area contributed by atoms with Gasteiger partial charge < -0.3 is 14.7 Å². The molecule has 3 heterocycles. The Morgan fingerprint density at radius 1 is 1.25 bits per heavy atom. The van der Waals surface area contributed by atoms with E-state index in [0.29, 0.717) is 5.91 Å². The fourth-order valence-corrected chi connectivity index (χ4v) is 3.98. The first-order chi connectivity index (χ1) is 11.4. The largest absolute Gasteiger partial charge is 0.355 e. The van der Waals surface area contributed by atoms with E-state index in [1.54, 1.807) is 0 Å². The van der Waals surface area contributed by atoms with Gasteiger partial charge in [0.1, 0.15) is 5.82 Å². The molecule has 1 spiro atoms. The van der Waals surface area contributed by atoms with E-state index in [2.05, 4.69) is 26.7 Å². The molecular formula is C18H29N5O. The number of carbonyl (C=O) groups is 1. The predicted molar refractivity (Wildman–Crippen MR) is 96.5 cm³/mol. The summed E-state index contributed by atoms with van der Waals surface area (Å²) in [5.41, 5.74) is 0.761. The van der Waals surface area contributed by atoms with Gasteiger partial charge in [0.25, 0.3) is 0 Å². The second-order valence-electron chi connectivity index (χ2n) is 7.41. The van der Waals surface area contributed by atoms with E-state index in [0.717, 1.165) is 69.3 Å². The van der Waals surface area contributed by atoms with Crippen LogP contribution in [0.3, 0.4) is 0 Å². The third-order valence-corrected chi connectivity index (χ3v) is 5.22. The van der Waals surface area contributed by atoms with Gasteiger partial charge in [0.05, 0.1) is 5.41 Å². The van der Waals surface area contributed by atoms with Gasteiger partial charge in [-0.2, -0.15) is 4.98 Å². The number of rotatable bonds is 4. The van der Waals surface area contributed by atoms with Gasteiger partial charge in [-0.3, -0.25) is 4.79 Å². The van der Waals surface area contributed by atoms with Crippen LogP contribution in [0.1, 0.15) is 38.3 Å². The van der Waals surface area contributed by atoms with Crippen LogP contribution in [0.2, 0.25) is 0 Å². The number of aromatic nitrogens is 2. The highest BCUT2D eigenvalue weighted by Gasteiger charge is 2.48. The molecule has 0 radical (unpaired) electrons. The zero-order chi connectivity index (χ0) is 17.3. The highest BCUT2D eigenvalue weighted by Crippen LogP contribution is 2.41. The SMILES string of the molecule is CCCN1CCC[C@]2(CCN(c3cc(C)nc(N(C)C)n3)C2)C1=O. The third-order valence-electron chi connectivity index (χ3n) is 5.22. The van der Waals surface area contributed by atoms with E-state index >= 15 is 0 Å². The van der Waals surface area contributed by atoms with E-state index in [-0.39, 0.29) is 5.41 Å². The molecule has 0 bridgehead atoms. The lowest BCUT2D eigenvalue weighted by atomic mass is 9.78. The maximum atomic E-state index is 13.0. The minimum Gasteiger partial charge on any atom is -0.355 e. The summed E-state index contributed by atoms with van der Waals surface area (Å²) < 4.78 is 0. The zero-order valence-corrected chi connectivity index (χ0v) is 15.4. The second-order valence-corrected chi connectivity index (χ2v) is 7.41. The molecular weight excluding hydrogens is 302 g/mol. The molecule has 2 fully saturated rings. The molecule has 0 N–H and O–H groups in total. The molecule has 0 saturated carbocycles. The molecule has 1 amide bonds. The molecule has 6 nitrogen and oxygen atoms in total. The molecule has 24 heavy (non-hydrogen) atoms. The van der Waals surface area contributed by atoms with Gasteiger partial charge >= 0.3 is 0 Å². The Balaban J connectivity index is 1.81. The number of nitrogens with zero attached hydrogens (tertiary/aromatic N) is 5. The van der Waals surface area contributed by atoms with Crippen molar-refractivity contribution in [3.63, 3.8) is 0 Å². The average Bonchev–Trinajstić information content (AvgIpc) is 2.97. The van der Waals surface area contributed by atoms with Crippen LogP contribution in [0, 0.1) is 12.3 Å². The fourth-order valence-electron chi connectivity index (χ4n) is 3.98. The van der Waals surface area contributed by atoms with Crippen molar-refractivity contribution in [3.05, 3.63) is 11.8 Å². The van der Waals surface area contributed by atoms with Gasteiger partial charge in [-0.15, -0.1) is 0 Å². The summed E-state index contributed by atoms with van der Waals surface area (Å²) in [7, 11) is 3.91. The Kier molecular flexibility index (Phi) is 4.65. The van der Waals surface area contributed by atoms with E-state index < -0.39 is 0 Å². The highest BCUT2D eigenvalue weighted by atomic mass is 16.2. The van der Waals surface area contributed by atoms with Crippen molar-refractivity contribution in [2.24, 2.45) is 5.41 Å². The molecule has 0 aliphatic carbocycles. The van der Waals surface area contributed by atoms with Crippen molar-refractivity contribution in [3.8, 4) is 0 Å². The molecule has 0 unspecified atom stereocenters. The average molecular weight is 331 g/mol. The van der Waals surface area contributed by atoms with Crippen LogP contribution in [0.4, 0.5) is 11.8 Å². The summed E-state index contributed by atoms with van der Waals surface area (Å²) in [6.45, 7) is 7.63. The van der Waals surface area contributed by atoms with E-state index in [4.69, 9.17) is 0 Å². The maximum absolute atomic E-state index is 13.0. The number of hydrogen-bond donors (Lipinski definition) is 0. The van der Waals surface area contributed by atoms with Gasteiger partial charge in [-0.25, -0.2) is 4.98 Å². The topological polar surface area (TPSA) is 52.6 Å². The molecule has 6 heteroatoms. The third kappa shape index (κ3) is 3.06. The van der Waals surface area contributed by atoms with Gasteiger partial charge in [0, 0.05) is 52.0 Å². The number of carbonyl (C=O) groups excluding carboxylic acids is 1. The van der Waals surface area contributed by atoms with Gasteiger partial charge in [0.2, 0.25) is 11.9 Å². The first kappa shape index (κ1) is 17.0. The minimum atomic E-state index is -0.204. The second kappa shape index (κ2) is 6.57. The molecule has 0 aromatic carbocycles. The number of aryl methyl sites for hydroxylation is 1. The van der Waals surface area contributed by atoms with Crippen molar-refractivity contribution in [2.75, 3.05) is 50.1 Å². The van der Waals surface area contributed by atoms with Gasteiger partial charge in [-0.1, -0.05) is 6.92 Å². The number of amides is 1. The molecule has 1 aromatic heterocycles. The number of piperidine rings is 1. The smallest absolute Gasteiger partial charge is 0.230 e. The summed E-state index contributed by atoms with van der Waals surface area (Å²) in [4.78, 5) is 28.5. The lowest BCUT2D eigenvalue weighted by Crippen LogP contribution is -2.50. The van der Waals surface area contributed by atoms with Gasteiger partial charge in [0.15, 0.2) is 0 Å². The lowest BCUT2D eigenvalue weighted by molar-refractivity contribution is -0.145. The monoisotopic (exact) mass is 331 g/mol. The van der Waals surface area contributed by atoms with Crippen LogP contribution in [0.25, 0.3) is 0 Å². The van der Waals surface area contributed by atoms with Crippen molar-refractivity contribution in [2.45, 2.75) is 39.5 Å². The van der Waals surface area contributed by atoms with Crippen molar-refractivity contribution in [1.29, 1.82) is 0 Å². The summed E-state index contributed by atoms with van der Waals surface area (Å²) in [6.07, 6.45) is 4.09. The quantitative estimate of drug-likeness (QED) is 0.845. The van der Waals surface area contributed by atoms with Crippen LogP contribution in [0.15, 0.2) is 6.07 Å². The summed E-state index contributed by atoms with van der Waals surface area (Å²) in [5, 5.41) is 0. The van der Waals surface area contributed by atoms with Crippen molar-refractivity contribution < 1.29 is 4.79 Å². The Bertz CT molecular complexity index is 615. The maximum Gasteiger partial charge on any atom is 0.230 e. The molecule has 3 rings (SSSR count). The first-order valence-corrected chi connectivity index (χ1v) is 9.02. The van der Waals surface area contributed by atoms with Crippen molar-refractivity contribution >= 4 is 17.7 Å². The molecule has 2 saturated heterocycles. The van der Waals surface area contributed by atoms with Crippen LogP contribution in [0.5, 0.6) is 0 Å². The normalized spacial score (nSPS) is 24.1. The van der Waals surface area contributed by atoms with Crippen LogP contribution in [-0.4, -0.2) is 61.0 Å². The highest BCUT2D eigenvalue weighted by molar-refractivity contribution is 5.85. The van der Waals surface area contributed by atoms with Crippen LogP contribution < -0.4 is 9.80 Å². The number of anilines is 2.